The van der Waals surface area contributed by atoms with Crippen LogP contribution in [-0.2, 0) is 9.53 Å². The van der Waals surface area contributed by atoms with E-state index < -0.39 is 24.4 Å². The molecule has 2 amide bonds. The van der Waals surface area contributed by atoms with E-state index in [1.807, 2.05) is 30.3 Å². The minimum absolute atomic E-state index is 0.270. The van der Waals surface area contributed by atoms with E-state index in [9.17, 15) is 14.4 Å². The molecule has 3 aromatic carbocycles. The number of hydrogen-bond acceptors (Lipinski definition) is 6. The monoisotopic (exact) mass is 415 g/mol. The van der Waals surface area contributed by atoms with Crippen LogP contribution in [0, 0.1) is 0 Å². The van der Waals surface area contributed by atoms with Crippen LogP contribution in [0.3, 0.4) is 0 Å². The molecule has 0 spiro atoms. The Labute approximate surface area is 176 Å². The molecule has 0 radical (unpaired) electrons. The summed E-state index contributed by atoms with van der Waals surface area (Å²) in [7, 11) is 0. The van der Waals surface area contributed by atoms with Crippen LogP contribution in [0.25, 0.3) is 22.2 Å². The number of esters is 1. The second-order valence-electron chi connectivity index (χ2n) is 6.68. The molecule has 154 valence electrons. The molecular weight excluding hydrogens is 398 g/mol. The number of primary amides is 1. The van der Waals surface area contributed by atoms with Crippen LogP contribution in [0.15, 0.2) is 77.3 Å². The zero-order valence-corrected chi connectivity index (χ0v) is 16.2. The quantitative estimate of drug-likeness (QED) is 0.465. The highest BCUT2D eigenvalue weighted by Crippen LogP contribution is 2.29. The normalized spacial score (nSPS) is 10.6. The first-order valence-corrected chi connectivity index (χ1v) is 9.33. The Morgan fingerprint density at radius 1 is 0.935 bits per heavy atom. The van der Waals surface area contributed by atoms with Crippen molar-refractivity contribution in [2.75, 3.05) is 11.9 Å². The van der Waals surface area contributed by atoms with Gasteiger partial charge in [-0.2, -0.15) is 0 Å². The fourth-order valence-corrected chi connectivity index (χ4v) is 3.00. The van der Waals surface area contributed by atoms with Crippen molar-refractivity contribution in [2.45, 2.75) is 0 Å². The standard InChI is InChI=1S/C23H17N3O5/c24-22(28)15-6-9-17(10-7-15)25-20(27)13-30-23(29)16-8-11-19-18(12-16)21(31-26-19)14-4-2-1-3-5-14/h1-12H,13H2,(H2,24,28)(H,25,27). The molecular formula is C23H17N3O5. The van der Waals surface area contributed by atoms with E-state index in [4.69, 9.17) is 15.0 Å². The number of nitrogens with zero attached hydrogens (tertiary/aromatic N) is 1. The molecule has 1 aromatic heterocycles. The first-order valence-electron chi connectivity index (χ1n) is 9.33. The van der Waals surface area contributed by atoms with Crippen LogP contribution < -0.4 is 11.1 Å². The molecule has 0 aliphatic carbocycles. The van der Waals surface area contributed by atoms with Crippen molar-refractivity contribution in [3.63, 3.8) is 0 Å². The summed E-state index contributed by atoms with van der Waals surface area (Å²) in [6.45, 7) is -0.469. The summed E-state index contributed by atoms with van der Waals surface area (Å²) in [5.74, 6) is -1.19. The van der Waals surface area contributed by atoms with Crippen molar-refractivity contribution in [1.29, 1.82) is 0 Å². The maximum atomic E-state index is 12.4. The smallest absolute Gasteiger partial charge is 0.338 e. The van der Waals surface area contributed by atoms with Gasteiger partial charge >= 0.3 is 5.97 Å². The minimum atomic E-state index is -0.652. The fraction of sp³-hybridized carbons (Fsp3) is 0.0435. The average Bonchev–Trinajstić information content (AvgIpc) is 3.21. The maximum Gasteiger partial charge on any atom is 0.338 e. The van der Waals surface area contributed by atoms with Gasteiger partial charge in [0.1, 0.15) is 5.52 Å². The molecule has 4 rings (SSSR count). The van der Waals surface area contributed by atoms with Gasteiger partial charge < -0.3 is 20.3 Å². The molecule has 0 bridgehead atoms. The third kappa shape index (κ3) is 4.43. The number of nitrogens with two attached hydrogens (primary N) is 1. The number of fused-ring (bicyclic) bond motifs is 1. The molecule has 0 saturated heterocycles. The Morgan fingerprint density at radius 2 is 1.65 bits per heavy atom. The highest BCUT2D eigenvalue weighted by molar-refractivity contribution is 6.00. The summed E-state index contributed by atoms with van der Waals surface area (Å²) in [6, 6.07) is 20.3. The van der Waals surface area contributed by atoms with Crippen molar-refractivity contribution in [3.8, 4) is 11.3 Å². The highest BCUT2D eigenvalue weighted by atomic mass is 16.5. The summed E-state index contributed by atoms with van der Waals surface area (Å²) in [4.78, 5) is 35.6. The molecule has 31 heavy (non-hydrogen) atoms. The van der Waals surface area contributed by atoms with E-state index in [-0.39, 0.29) is 5.56 Å². The van der Waals surface area contributed by atoms with Gasteiger partial charge in [0.15, 0.2) is 12.4 Å². The van der Waals surface area contributed by atoms with Gasteiger partial charge in [0, 0.05) is 16.8 Å². The number of rotatable bonds is 6. The van der Waals surface area contributed by atoms with Gasteiger partial charge in [-0.15, -0.1) is 0 Å². The van der Waals surface area contributed by atoms with E-state index in [0.717, 1.165) is 5.56 Å². The lowest BCUT2D eigenvalue weighted by atomic mass is 10.1. The Morgan fingerprint density at radius 3 is 2.35 bits per heavy atom. The molecule has 8 nitrogen and oxygen atoms in total. The third-order valence-corrected chi connectivity index (χ3v) is 4.54. The first-order chi connectivity index (χ1) is 15.0. The number of benzene rings is 3. The van der Waals surface area contributed by atoms with E-state index in [2.05, 4.69) is 10.5 Å². The highest BCUT2D eigenvalue weighted by Gasteiger charge is 2.16. The van der Waals surface area contributed by atoms with Gasteiger partial charge in [-0.25, -0.2) is 4.79 Å². The Balaban J connectivity index is 1.42. The predicted molar refractivity (Wildman–Crippen MR) is 113 cm³/mol. The number of amides is 2. The van der Waals surface area contributed by atoms with E-state index in [0.29, 0.717) is 27.9 Å². The average molecular weight is 415 g/mol. The SMILES string of the molecule is NC(=O)c1ccc(NC(=O)COC(=O)c2ccc3noc(-c4ccccc4)c3c2)cc1. The molecule has 4 aromatic rings. The minimum Gasteiger partial charge on any atom is -0.452 e. The van der Waals surface area contributed by atoms with Crippen LogP contribution in [0.1, 0.15) is 20.7 Å². The Kier molecular flexibility index (Phi) is 5.44. The second kappa shape index (κ2) is 8.50. The van der Waals surface area contributed by atoms with Gasteiger partial charge in [0.2, 0.25) is 5.91 Å². The number of anilines is 1. The Bertz CT molecular complexity index is 1260. The largest absolute Gasteiger partial charge is 0.452 e. The van der Waals surface area contributed by atoms with Crippen LogP contribution in [-0.4, -0.2) is 29.5 Å². The number of nitrogens with one attached hydrogen (secondary N) is 1. The molecule has 8 heteroatoms. The van der Waals surface area contributed by atoms with Crippen molar-refractivity contribution >= 4 is 34.4 Å². The van der Waals surface area contributed by atoms with Gasteiger partial charge in [-0.05, 0) is 42.5 Å². The van der Waals surface area contributed by atoms with Gasteiger partial charge in [-0.1, -0.05) is 35.5 Å². The van der Waals surface area contributed by atoms with Crippen LogP contribution in [0.4, 0.5) is 5.69 Å². The molecule has 0 aliphatic heterocycles. The summed E-state index contributed by atoms with van der Waals surface area (Å²) in [5.41, 5.74) is 7.65. The molecule has 1 heterocycles. The number of carbonyl (C=O) groups is 3. The maximum absolute atomic E-state index is 12.4. The molecule has 0 unspecified atom stereocenters. The van der Waals surface area contributed by atoms with Crippen LogP contribution >= 0.6 is 0 Å². The number of hydrogen-bond donors (Lipinski definition) is 2. The zero-order chi connectivity index (χ0) is 21.8. The van der Waals surface area contributed by atoms with Gasteiger partial charge in [-0.3, -0.25) is 9.59 Å². The van der Waals surface area contributed by atoms with E-state index in [1.54, 1.807) is 18.2 Å². The topological polar surface area (TPSA) is 125 Å². The summed E-state index contributed by atoms with van der Waals surface area (Å²) >= 11 is 0. The van der Waals surface area contributed by atoms with Crippen LogP contribution in [0.5, 0.6) is 0 Å². The zero-order valence-electron chi connectivity index (χ0n) is 16.2. The predicted octanol–water partition coefficient (Wildman–Crippen LogP) is 3.39. The first kappa shape index (κ1) is 19.8. The summed E-state index contributed by atoms with van der Waals surface area (Å²) < 4.78 is 10.5. The lowest BCUT2D eigenvalue weighted by Crippen LogP contribution is -2.21. The number of aromatic nitrogens is 1. The lowest BCUT2D eigenvalue weighted by Gasteiger charge is -2.07. The fourth-order valence-electron chi connectivity index (χ4n) is 3.00. The van der Waals surface area contributed by atoms with Gasteiger partial charge in [0.25, 0.3) is 5.91 Å². The molecule has 0 saturated carbocycles. The van der Waals surface area contributed by atoms with Crippen LogP contribution in [0.2, 0.25) is 0 Å². The van der Waals surface area contributed by atoms with E-state index >= 15 is 0 Å². The summed E-state index contributed by atoms with van der Waals surface area (Å²) in [5, 5.41) is 7.26. The second-order valence-corrected chi connectivity index (χ2v) is 6.68. The van der Waals surface area contributed by atoms with Gasteiger partial charge in [0.05, 0.1) is 10.9 Å². The third-order valence-electron chi connectivity index (χ3n) is 4.54. The number of ether oxygens (including phenoxy) is 1. The van der Waals surface area contributed by atoms with Crippen molar-refractivity contribution < 1.29 is 23.6 Å². The van der Waals surface area contributed by atoms with E-state index in [1.165, 1.54) is 24.3 Å². The molecule has 0 aliphatic rings. The van der Waals surface area contributed by atoms with Crippen molar-refractivity contribution in [1.82, 2.24) is 5.16 Å². The lowest BCUT2D eigenvalue weighted by molar-refractivity contribution is -0.119. The molecule has 0 atom stereocenters. The summed E-state index contributed by atoms with van der Waals surface area (Å²) in [6.07, 6.45) is 0. The molecule has 0 fully saturated rings. The number of carbonyl (C=O) groups excluding carboxylic acids is 3. The van der Waals surface area contributed by atoms with Crippen molar-refractivity contribution in [3.05, 3.63) is 83.9 Å². The molecule has 3 N–H and O–H groups in total. The van der Waals surface area contributed by atoms with Crippen molar-refractivity contribution in [2.24, 2.45) is 5.73 Å². The Hall–Kier alpha value is -4.46.